The van der Waals surface area contributed by atoms with Crippen LogP contribution in [-0.2, 0) is 14.3 Å². The highest BCUT2D eigenvalue weighted by atomic mass is 35.5. The predicted octanol–water partition coefficient (Wildman–Crippen LogP) is 4.77. The molecule has 1 saturated heterocycles. The normalized spacial score (nSPS) is 18.0. The molecule has 2 aromatic carbocycles. The summed E-state index contributed by atoms with van der Waals surface area (Å²) in [5.41, 5.74) is 1.74. The van der Waals surface area contributed by atoms with E-state index in [1.807, 2.05) is 0 Å². The summed E-state index contributed by atoms with van der Waals surface area (Å²) >= 11 is 12.3. The number of benzene rings is 2. The number of methoxy groups -OCH3 is 2. The van der Waals surface area contributed by atoms with Gasteiger partial charge in [0.05, 0.1) is 28.8 Å². The van der Waals surface area contributed by atoms with Crippen molar-refractivity contribution in [2.45, 2.75) is 19.4 Å². The second kappa shape index (κ2) is 9.73. The fraction of sp³-hybridized carbons (Fsp3) is 0.304. The van der Waals surface area contributed by atoms with Gasteiger partial charge in [0.25, 0.3) is 11.7 Å². The van der Waals surface area contributed by atoms with Gasteiger partial charge in [-0.2, -0.15) is 0 Å². The SMILES string of the molecule is COCCCN1C(=O)C(=O)/C(=C(/O)c2ccc(OC)cc2C)[C@H]1c1ccc(Cl)c(Cl)c1. The number of hydrogen-bond donors (Lipinski definition) is 1. The topological polar surface area (TPSA) is 76.1 Å². The van der Waals surface area contributed by atoms with Gasteiger partial charge >= 0.3 is 0 Å². The fourth-order valence-electron chi connectivity index (χ4n) is 3.69. The Morgan fingerprint density at radius 1 is 1.10 bits per heavy atom. The lowest BCUT2D eigenvalue weighted by molar-refractivity contribution is -0.140. The molecular weight excluding hydrogens is 441 g/mol. The standard InChI is InChI=1S/C23H23Cl2NO5/c1-13-11-15(31-3)6-7-16(13)21(27)19-20(14-5-8-17(24)18(25)12-14)26(9-4-10-30-2)23(29)22(19)28/h5-8,11-12,20,27H,4,9-10H2,1-3H3/b21-19+/t20-/m1/s1. The number of carbonyl (C=O) groups is 2. The molecule has 164 valence electrons. The maximum absolute atomic E-state index is 13.0. The maximum Gasteiger partial charge on any atom is 0.295 e. The molecule has 1 atom stereocenters. The first-order valence-corrected chi connectivity index (χ1v) is 10.4. The van der Waals surface area contributed by atoms with Gasteiger partial charge in [-0.25, -0.2) is 0 Å². The number of ketones is 1. The van der Waals surface area contributed by atoms with Gasteiger partial charge in [-0.3, -0.25) is 9.59 Å². The Morgan fingerprint density at radius 3 is 2.45 bits per heavy atom. The summed E-state index contributed by atoms with van der Waals surface area (Å²) in [5.74, 6) is -1.06. The summed E-state index contributed by atoms with van der Waals surface area (Å²) in [5, 5.41) is 11.8. The number of aliphatic hydroxyl groups excluding tert-OH is 1. The molecule has 1 aliphatic heterocycles. The molecule has 0 unspecified atom stereocenters. The number of ether oxygens (including phenoxy) is 2. The van der Waals surface area contributed by atoms with Gasteiger partial charge in [-0.1, -0.05) is 29.3 Å². The number of amides is 1. The summed E-state index contributed by atoms with van der Waals surface area (Å²) in [7, 11) is 3.11. The van der Waals surface area contributed by atoms with Crippen LogP contribution in [-0.4, -0.2) is 49.1 Å². The lowest BCUT2D eigenvalue weighted by Crippen LogP contribution is -2.31. The first-order chi connectivity index (χ1) is 14.8. The van der Waals surface area contributed by atoms with Crippen LogP contribution in [0, 0.1) is 6.92 Å². The molecule has 0 aromatic heterocycles. The molecule has 1 N–H and O–H groups in total. The number of nitrogens with zero attached hydrogens (tertiary/aromatic N) is 1. The fourth-order valence-corrected chi connectivity index (χ4v) is 4.00. The molecule has 0 saturated carbocycles. The molecule has 1 heterocycles. The van der Waals surface area contributed by atoms with Gasteiger partial charge in [-0.05, 0) is 54.8 Å². The largest absolute Gasteiger partial charge is 0.507 e. The average molecular weight is 464 g/mol. The highest BCUT2D eigenvalue weighted by molar-refractivity contribution is 6.47. The van der Waals surface area contributed by atoms with Crippen LogP contribution >= 0.6 is 23.2 Å². The lowest BCUT2D eigenvalue weighted by atomic mass is 9.94. The third-order valence-corrected chi connectivity index (χ3v) is 5.97. The molecule has 31 heavy (non-hydrogen) atoms. The molecule has 0 radical (unpaired) electrons. The second-order valence-electron chi connectivity index (χ2n) is 7.19. The zero-order chi connectivity index (χ0) is 22.7. The molecule has 3 rings (SSSR count). The second-order valence-corrected chi connectivity index (χ2v) is 8.01. The van der Waals surface area contributed by atoms with E-state index in [0.29, 0.717) is 45.5 Å². The quantitative estimate of drug-likeness (QED) is 0.277. The number of carbonyl (C=O) groups excluding carboxylic acids is 2. The summed E-state index contributed by atoms with van der Waals surface area (Å²) in [6.07, 6.45) is 0.531. The Hall–Kier alpha value is -2.54. The van der Waals surface area contributed by atoms with Crippen LogP contribution in [0.5, 0.6) is 5.75 Å². The van der Waals surface area contributed by atoms with Gasteiger partial charge in [0.15, 0.2) is 0 Å². The van der Waals surface area contributed by atoms with Gasteiger partial charge < -0.3 is 19.5 Å². The minimum absolute atomic E-state index is 0.00840. The Bertz CT molecular complexity index is 1050. The van der Waals surface area contributed by atoms with Gasteiger partial charge in [0.2, 0.25) is 0 Å². The summed E-state index contributed by atoms with van der Waals surface area (Å²) in [4.78, 5) is 27.3. The van der Waals surface area contributed by atoms with Gasteiger partial charge in [0.1, 0.15) is 11.5 Å². The first-order valence-electron chi connectivity index (χ1n) is 9.67. The molecule has 0 bridgehead atoms. The van der Waals surface area contributed by atoms with Crippen molar-refractivity contribution in [3.8, 4) is 5.75 Å². The van der Waals surface area contributed by atoms with Gasteiger partial charge in [-0.15, -0.1) is 0 Å². The zero-order valence-electron chi connectivity index (χ0n) is 17.4. The number of rotatable bonds is 7. The summed E-state index contributed by atoms with van der Waals surface area (Å²) < 4.78 is 10.3. The van der Waals surface area contributed by atoms with E-state index in [9.17, 15) is 14.7 Å². The minimum atomic E-state index is -0.798. The molecule has 2 aromatic rings. The number of likely N-dealkylation sites (tertiary alicyclic amines) is 1. The van der Waals surface area contributed by atoms with Crippen LogP contribution in [0.3, 0.4) is 0 Å². The van der Waals surface area contributed by atoms with Crippen molar-refractivity contribution in [1.29, 1.82) is 0 Å². The Morgan fingerprint density at radius 2 is 1.84 bits per heavy atom. The average Bonchev–Trinajstić information content (AvgIpc) is 3.00. The monoisotopic (exact) mass is 463 g/mol. The third kappa shape index (κ3) is 4.56. The molecule has 0 spiro atoms. The van der Waals surface area contributed by atoms with Gasteiger partial charge in [0, 0.05) is 25.8 Å². The van der Waals surface area contributed by atoms with Crippen LogP contribution in [0.15, 0.2) is 42.0 Å². The Labute approximate surface area is 191 Å². The van der Waals surface area contributed by atoms with Crippen molar-refractivity contribution in [3.05, 3.63) is 68.7 Å². The van der Waals surface area contributed by atoms with Crippen LogP contribution in [0.2, 0.25) is 10.0 Å². The highest BCUT2D eigenvalue weighted by Gasteiger charge is 2.46. The smallest absolute Gasteiger partial charge is 0.295 e. The maximum atomic E-state index is 13.0. The van der Waals surface area contributed by atoms with E-state index in [4.69, 9.17) is 32.7 Å². The van der Waals surface area contributed by atoms with Crippen LogP contribution in [0.1, 0.15) is 29.2 Å². The van der Waals surface area contributed by atoms with Crippen molar-refractivity contribution in [2.75, 3.05) is 27.4 Å². The molecule has 1 fully saturated rings. The van der Waals surface area contributed by atoms with E-state index in [0.717, 1.165) is 0 Å². The molecule has 1 aliphatic rings. The summed E-state index contributed by atoms with van der Waals surface area (Å²) in [6, 6.07) is 9.21. The lowest BCUT2D eigenvalue weighted by Gasteiger charge is -2.25. The number of hydrogen-bond acceptors (Lipinski definition) is 5. The molecular formula is C23H23Cl2NO5. The Kier molecular flexibility index (Phi) is 7.26. The Balaban J connectivity index is 2.17. The van der Waals surface area contributed by atoms with E-state index < -0.39 is 17.7 Å². The van der Waals surface area contributed by atoms with E-state index >= 15 is 0 Å². The molecule has 0 aliphatic carbocycles. The molecule has 8 heteroatoms. The minimum Gasteiger partial charge on any atom is -0.507 e. The van der Waals surface area contributed by atoms with Crippen LogP contribution in [0.4, 0.5) is 0 Å². The summed E-state index contributed by atoms with van der Waals surface area (Å²) in [6.45, 7) is 2.50. The van der Waals surface area contributed by atoms with Crippen molar-refractivity contribution >= 4 is 40.7 Å². The van der Waals surface area contributed by atoms with Crippen molar-refractivity contribution in [2.24, 2.45) is 0 Å². The van der Waals surface area contributed by atoms with Crippen molar-refractivity contribution < 1.29 is 24.2 Å². The van der Waals surface area contributed by atoms with E-state index in [1.54, 1.807) is 57.5 Å². The number of Topliss-reactive ketones (excluding diaryl/α,β-unsaturated/α-hetero) is 1. The number of halogens is 2. The van der Waals surface area contributed by atoms with E-state index in [2.05, 4.69) is 0 Å². The van der Waals surface area contributed by atoms with Crippen molar-refractivity contribution in [3.63, 3.8) is 0 Å². The van der Waals surface area contributed by atoms with Crippen LogP contribution in [0.25, 0.3) is 5.76 Å². The first kappa shape index (κ1) is 23.1. The number of aliphatic hydroxyl groups is 1. The van der Waals surface area contributed by atoms with E-state index in [1.165, 1.54) is 4.90 Å². The highest BCUT2D eigenvalue weighted by Crippen LogP contribution is 2.41. The number of aryl methyl sites for hydroxylation is 1. The zero-order valence-corrected chi connectivity index (χ0v) is 19.0. The van der Waals surface area contributed by atoms with Crippen molar-refractivity contribution in [1.82, 2.24) is 4.90 Å². The molecule has 1 amide bonds. The molecule has 6 nitrogen and oxygen atoms in total. The van der Waals surface area contributed by atoms with E-state index in [-0.39, 0.29) is 17.9 Å². The third-order valence-electron chi connectivity index (χ3n) is 5.24. The predicted molar refractivity (Wildman–Crippen MR) is 120 cm³/mol. The van der Waals surface area contributed by atoms with Crippen LogP contribution < -0.4 is 4.74 Å².